The third-order valence-electron chi connectivity index (χ3n) is 2.83. The molecule has 11 heteroatoms. The highest BCUT2D eigenvalue weighted by Gasteiger charge is 2.37. The van der Waals surface area contributed by atoms with Gasteiger partial charge in [0.05, 0.1) is 22.4 Å². The van der Waals surface area contributed by atoms with Gasteiger partial charge in [0.25, 0.3) is 11.2 Å². The van der Waals surface area contributed by atoms with E-state index in [2.05, 4.69) is 10.5 Å². The van der Waals surface area contributed by atoms with E-state index in [0.29, 0.717) is 10.4 Å². The number of anilines is 1. The fourth-order valence-electron chi connectivity index (χ4n) is 1.73. The van der Waals surface area contributed by atoms with Crippen molar-refractivity contribution in [1.82, 2.24) is 9.78 Å². The number of hydrogen-bond donors (Lipinski definition) is 2. The van der Waals surface area contributed by atoms with Crippen LogP contribution in [-0.4, -0.2) is 20.9 Å². The predicted molar refractivity (Wildman–Crippen MR) is 75.3 cm³/mol. The van der Waals surface area contributed by atoms with Crippen LogP contribution in [0.25, 0.3) is 0 Å². The average Bonchev–Trinajstić information content (AvgIpc) is 2.76. The molecule has 2 aromatic rings. The van der Waals surface area contributed by atoms with Crippen LogP contribution in [0.4, 0.5) is 24.5 Å². The van der Waals surface area contributed by atoms with Gasteiger partial charge in [0.2, 0.25) is 0 Å². The monoisotopic (exact) mass is 329 g/mol. The number of non-ortho nitro benzene ring substituents is 1. The molecule has 0 saturated heterocycles. The number of aromatic nitrogens is 2. The lowest BCUT2D eigenvalue weighted by atomic mass is 10.2. The molecular formula is C12H10F3N5O3. The second kappa shape index (κ2) is 5.94. The van der Waals surface area contributed by atoms with Crippen molar-refractivity contribution in [3.05, 3.63) is 56.0 Å². The normalized spacial score (nSPS) is 11.8. The number of benzene rings is 1. The van der Waals surface area contributed by atoms with Gasteiger partial charge in [-0.2, -0.15) is 18.3 Å². The summed E-state index contributed by atoms with van der Waals surface area (Å²) in [6.45, 7) is 0. The topological polar surface area (TPSA) is 105 Å². The predicted octanol–water partition coefficient (Wildman–Crippen LogP) is 2.09. The van der Waals surface area contributed by atoms with Crippen LogP contribution in [0.5, 0.6) is 0 Å². The number of H-pyrrole nitrogens is 1. The molecule has 0 aliphatic heterocycles. The van der Waals surface area contributed by atoms with Gasteiger partial charge in [-0.3, -0.25) is 30.1 Å². The second-order valence-corrected chi connectivity index (χ2v) is 4.44. The summed E-state index contributed by atoms with van der Waals surface area (Å²) in [5, 5.41) is 16.0. The largest absolute Gasteiger partial charge is 0.433 e. The number of nitro benzene ring substituents is 1. The number of halogens is 3. The molecule has 8 nitrogen and oxygen atoms in total. The summed E-state index contributed by atoms with van der Waals surface area (Å²) in [5.41, 5.74) is -0.172. The van der Waals surface area contributed by atoms with Crippen LogP contribution in [0.3, 0.4) is 0 Å². The van der Waals surface area contributed by atoms with Gasteiger partial charge in [0.1, 0.15) is 0 Å². The van der Waals surface area contributed by atoms with Gasteiger partial charge >= 0.3 is 6.18 Å². The van der Waals surface area contributed by atoms with Crippen LogP contribution < -0.4 is 11.0 Å². The van der Waals surface area contributed by atoms with Crippen LogP contribution in [0.15, 0.2) is 34.2 Å². The fraction of sp³-hybridized carbons (Fsp3) is 0.167. The lowest BCUT2D eigenvalue weighted by Gasteiger charge is -2.03. The molecule has 0 amide bonds. The highest BCUT2D eigenvalue weighted by molar-refractivity contribution is 5.81. The molecule has 2 N–H and O–H groups in total. The van der Waals surface area contributed by atoms with Gasteiger partial charge in [-0.15, -0.1) is 0 Å². The molecular weight excluding hydrogens is 319 g/mol. The number of hydrazone groups is 1. The van der Waals surface area contributed by atoms with Crippen LogP contribution in [0.2, 0.25) is 0 Å². The first-order valence-corrected chi connectivity index (χ1v) is 6.10. The van der Waals surface area contributed by atoms with E-state index in [1.54, 1.807) is 0 Å². The molecule has 23 heavy (non-hydrogen) atoms. The minimum atomic E-state index is -4.73. The van der Waals surface area contributed by atoms with Crippen molar-refractivity contribution in [2.75, 3.05) is 5.43 Å². The molecule has 0 aliphatic rings. The number of nitrogens with one attached hydrogen (secondary N) is 2. The first kappa shape index (κ1) is 16.3. The lowest BCUT2D eigenvalue weighted by molar-refractivity contribution is -0.384. The molecule has 2 rings (SSSR count). The smallest absolute Gasteiger partial charge is 0.291 e. The number of hydrogen-bond acceptors (Lipinski definition) is 5. The van der Waals surface area contributed by atoms with Crippen molar-refractivity contribution in [2.45, 2.75) is 6.18 Å². The fourth-order valence-corrected chi connectivity index (χ4v) is 1.73. The molecule has 0 unspecified atom stereocenters. The molecule has 1 aromatic carbocycles. The van der Waals surface area contributed by atoms with E-state index in [-0.39, 0.29) is 5.69 Å². The Hall–Kier alpha value is -3.11. The van der Waals surface area contributed by atoms with Crippen LogP contribution in [0.1, 0.15) is 11.3 Å². The summed E-state index contributed by atoms with van der Waals surface area (Å²) >= 11 is 0. The molecule has 122 valence electrons. The number of rotatable bonds is 4. The Morgan fingerprint density at radius 3 is 2.48 bits per heavy atom. The van der Waals surface area contributed by atoms with Gasteiger partial charge in [0.15, 0.2) is 5.69 Å². The van der Waals surface area contributed by atoms with E-state index in [9.17, 15) is 28.1 Å². The zero-order valence-electron chi connectivity index (χ0n) is 11.6. The number of alkyl halides is 3. The Balaban J connectivity index is 2.21. The minimum Gasteiger partial charge on any atom is -0.291 e. The molecule has 0 fully saturated rings. The average molecular weight is 329 g/mol. The Labute approximate surface area is 126 Å². The Bertz CT molecular complexity index is 805. The van der Waals surface area contributed by atoms with Gasteiger partial charge < -0.3 is 0 Å². The van der Waals surface area contributed by atoms with Gasteiger partial charge in [-0.05, 0) is 12.1 Å². The molecule has 0 aliphatic carbocycles. The number of aryl methyl sites for hydroxylation is 1. The van der Waals surface area contributed by atoms with E-state index < -0.39 is 27.9 Å². The van der Waals surface area contributed by atoms with E-state index >= 15 is 0 Å². The highest BCUT2D eigenvalue weighted by atomic mass is 19.4. The Morgan fingerprint density at radius 2 is 1.96 bits per heavy atom. The van der Waals surface area contributed by atoms with Gasteiger partial charge in [-0.25, -0.2) is 0 Å². The summed E-state index contributed by atoms with van der Waals surface area (Å²) in [6.07, 6.45) is -3.99. The number of nitro groups is 1. The summed E-state index contributed by atoms with van der Waals surface area (Å²) in [7, 11) is 1.15. The first-order valence-electron chi connectivity index (χ1n) is 6.10. The van der Waals surface area contributed by atoms with Crippen molar-refractivity contribution in [2.24, 2.45) is 12.1 Å². The maximum absolute atomic E-state index is 12.8. The standard InChI is InChI=1S/C12H10F3N5O3/c1-19-11(21)9(10(18-19)12(13,14)15)6-16-17-7-2-4-8(5-3-7)20(22)23/h2-6,17-18H,1H3/b16-6+. The first-order chi connectivity index (χ1) is 10.7. The van der Waals surface area contributed by atoms with Crippen LogP contribution in [-0.2, 0) is 13.2 Å². The van der Waals surface area contributed by atoms with Crippen molar-refractivity contribution < 1.29 is 18.1 Å². The zero-order chi connectivity index (χ0) is 17.2. The van der Waals surface area contributed by atoms with Crippen molar-refractivity contribution in [3.63, 3.8) is 0 Å². The summed E-state index contributed by atoms with van der Waals surface area (Å²) in [5.74, 6) is 0. The van der Waals surface area contributed by atoms with E-state index in [0.717, 1.165) is 13.3 Å². The van der Waals surface area contributed by atoms with Gasteiger partial charge in [-0.1, -0.05) is 0 Å². The molecule has 0 bridgehead atoms. The summed E-state index contributed by atoms with van der Waals surface area (Å²) in [6, 6.07) is 5.06. The SMILES string of the molecule is Cn1[nH]c(C(F)(F)F)c(/C=N/Nc2ccc([N+](=O)[O-])cc2)c1=O. The van der Waals surface area contributed by atoms with Crippen molar-refractivity contribution in [1.29, 1.82) is 0 Å². The number of aromatic amines is 1. The lowest BCUT2D eigenvalue weighted by Crippen LogP contribution is -2.16. The van der Waals surface area contributed by atoms with Gasteiger partial charge in [0, 0.05) is 19.2 Å². The molecule has 0 radical (unpaired) electrons. The van der Waals surface area contributed by atoms with Crippen LogP contribution >= 0.6 is 0 Å². The maximum Gasteiger partial charge on any atom is 0.433 e. The van der Waals surface area contributed by atoms with E-state index in [1.807, 2.05) is 5.10 Å². The maximum atomic E-state index is 12.8. The summed E-state index contributed by atoms with van der Waals surface area (Å²) < 4.78 is 39.0. The Morgan fingerprint density at radius 1 is 1.35 bits per heavy atom. The van der Waals surface area contributed by atoms with Crippen LogP contribution in [0, 0.1) is 10.1 Å². The molecule has 0 spiro atoms. The quantitative estimate of drug-likeness (QED) is 0.509. The Kier molecular flexibility index (Phi) is 4.20. The molecule has 1 aromatic heterocycles. The van der Waals surface area contributed by atoms with Crippen molar-refractivity contribution >= 4 is 17.6 Å². The van der Waals surface area contributed by atoms with Crippen molar-refractivity contribution in [3.8, 4) is 0 Å². The third kappa shape index (κ3) is 3.56. The van der Waals surface area contributed by atoms with E-state index in [4.69, 9.17) is 0 Å². The molecule has 0 atom stereocenters. The zero-order valence-corrected chi connectivity index (χ0v) is 11.6. The number of nitrogens with zero attached hydrogens (tertiary/aromatic N) is 3. The molecule has 1 heterocycles. The second-order valence-electron chi connectivity index (χ2n) is 4.44. The third-order valence-corrected chi connectivity index (χ3v) is 2.83. The molecule has 0 saturated carbocycles. The van der Waals surface area contributed by atoms with E-state index in [1.165, 1.54) is 24.3 Å². The summed E-state index contributed by atoms with van der Waals surface area (Å²) in [4.78, 5) is 21.5. The minimum absolute atomic E-state index is 0.140. The highest BCUT2D eigenvalue weighted by Crippen LogP contribution is 2.28.